The van der Waals surface area contributed by atoms with E-state index in [9.17, 15) is 14.7 Å². The number of nitrogens with zero attached hydrogens (tertiary/aromatic N) is 1. The summed E-state index contributed by atoms with van der Waals surface area (Å²) in [7, 11) is 1.49. The van der Waals surface area contributed by atoms with Gasteiger partial charge in [-0.15, -0.1) is 0 Å². The average Bonchev–Trinajstić information content (AvgIpc) is 2.48. The maximum Gasteiger partial charge on any atom is 0.410 e. The summed E-state index contributed by atoms with van der Waals surface area (Å²) < 4.78 is 5.21. The zero-order chi connectivity index (χ0) is 16.2. The smallest absolute Gasteiger partial charge is 0.410 e. The molecule has 0 aromatic heterocycles. The van der Waals surface area contributed by atoms with Gasteiger partial charge in [0.1, 0.15) is 12.6 Å². The van der Waals surface area contributed by atoms with Crippen molar-refractivity contribution >= 4 is 12.1 Å². The molecular formula is C17H23NO4. The van der Waals surface area contributed by atoms with Crippen LogP contribution in [0.5, 0.6) is 0 Å². The summed E-state index contributed by atoms with van der Waals surface area (Å²) in [5.74, 6) is -0.979. The van der Waals surface area contributed by atoms with E-state index in [1.807, 2.05) is 30.3 Å². The lowest BCUT2D eigenvalue weighted by molar-refractivity contribution is -0.144. The molecule has 120 valence electrons. The standard InChI is InChI=1S/C17H23NO4/c1-17(9-6-10-17)11-14(15(19)20)18(2)16(21)22-12-13-7-4-3-5-8-13/h3-5,7-8,14H,6,9-12H2,1-2H3,(H,19,20). The summed E-state index contributed by atoms with van der Waals surface area (Å²) in [6.07, 6.45) is 3.04. The Balaban J connectivity index is 1.92. The molecular weight excluding hydrogens is 282 g/mol. The number of rotatable bonds is 6. The minimum Gasteiger partial charge on any atom is -0.480 e. The number of likely N-dealkylation sites (N-methyl/N-ethyl adjacent to an activating group) is 1. The molecule has 1 unspecified atom stereocenters. The molecule has 2 rings (SSSR count). The molecule has 0 spiro atoms. The highest BCUT2D eigenvalue weighted by molar-refractivity contribution is 5.79. The molecule has 1 saturated carbocycles. The summed E-state index contributed by atoms with van der Waals surface area (Å²) in [6, 6.07) is 8.49. The van der Waals surface area contributed by atoms with Crippen molar-refractivity contribution in [1.29, 1.82) is 0 Å². The van der Waals surface area contributed by atoms with Crippen molar-refractivity contribution in [3.05, 3.63) is 35.9 Å². The minimum absolute atomic E-state index is 0.0248. The SMILES string of the molecule is CN(C(=O)OCc1ccccc1)C(CC1(C)CCC1)C(=O)O. The van der Waals surface area contributed by atoms with Gasteiger partial charge in [0, 0.05) is 7.05 Å². The summed E-state index contributed by atoms with van der Waals surface area (Å²) in [4.78, 5) is 24.8. The molecule has 1 atom stereocenters. The van der Waals surface area contributed by atoms with Crippen LogP contribution in [0.2, 0.25) is 0 Å². The van der Waals surface area contributed by atoms with Gasteiger partial charge in [-0.1, -0.05) is 43.7 Å². The molecule has 1 N–H and O–H groups in total. The molecule has 22 heavy (non-hydrogen) atoms. The summed E-state index contributed by atoms with van der Waals surface area (Å²) >= 11 is 0. The van der Waals surface area contributed by atoms with E-state index in [0.29, 0.717) is 6.42 Å². The van der Waals surface area contributed by atoms with Gasteiger partial charge >= 0.3 is 12.1 Å². The zero-order valence-electron chi connectivity index (χ0n) is 13.1. The van der Waals surface area contributed by atoms with Crippen LogP contribution >= 0.6 is 0 Å². The Kier molecular flexibility index (Phi) is 5.06. The highest BCUT2D eigenvalue weighted by atomic mass is 16.6. The lowest BCUT2D eigenvalue weighted by Crippen LogP contribution is -2.46. The number of carboxylic acids is 1. The first-order chi connectivity index (χ1) is 10.4. The van der Waals surface area contributed by atoms with Crippen LogP contribution in [0.1, 0.15) is 38.2 Å². The van der Waals surface area contributed by atoms with Crippen molar-refractivity contribution in [3.8, 4) is 0 Å². The molecule has 0 aliphatic heterocycles. The Labute approximate surface area is 130 Å². The normalized spacial score (nSPS) is 17.2. The number of hydrogen-bond acceptors (Lipinski definition) is 3. The van der Waals surface area contributed by atoms with E-state index < -0.39 is 18.1 Å². The number of ether oxygens (including phenoxy) is 1. The predicted molar refractivity (Wildman–Crippen MR) is 82.4 cm³/mol. The molecule has 0 saturated heterocycles. The van der Waals surface area contributed by atoms with Gasteiger partial charge in [0.15, 0.2) is 0 Å². The second-order valence-electron chi connectivity index (χ2n) is 6.37. The first-order valence-corrected chi connectivity index (χ1v) is 7.58. The largest absolute Gasteiger partial charge is 0.480 e. The third-order valence-corrected chi connectivity index (χ3v) is 4.49. The Morgan fingerprint density at radius 1 is 1.32 bits per heavy atom. The fraction of sp³-hybridized carbons (Fsp3) is 0.529. The third-order valence-electron chi connectivity index (χ3n) is 4.49. The minimum atomic E-state index is -0.979. The van der Waals surface area contributed by atoms with E-state index in [1.54, 1.807) is 0 Å². The molecule has 1 fully saturated rings. The van der Waals surface area contributed by atoms with E-state index in [0.717, 1.165) is 24.8 Å². The monoisotopic (exact) mass is 305 g/mol. The van der Waals surface area contributed by atoms with Crippen molar-refractivity contribution in [2.45, 2.75) is 45.3 Å². The van der Waals surface area contributed by atoms with Gasteiger partial charge in [0.2, 0.25) is 0 Å². The van der Waals surface area contributed by atoms with E-state index in [-0.39, 0.29) is 12.0 Å². The van der Waals surface area contributed by atoms with E-state index in [2.05, 4.69) is 6.92 Å². The van der Waals surface area contributed by atoms with Gasteiger partial charge in [0.05, 0.1) is 0 Å². The molecule has 0 heterocycles. The highest BCUT2D eigenvalue weighted by Gasteiger charge is 2.39. The van der Waals surface area contributed by atoms with Crippen LogP contribution in [-0.4, -0.2) is 35.2 Å². The number of carbonyl (C=O) groups excluding carboxylic acids is 1. The van der Waals surface area contributed by atoms with Crippen LogP contribution < -0.4 is 0 Å². The average molecular weight is 305 g/mol. The Morgan fingerprint density at radius 2 is 1.95 bits per heavy atom. The number of benzene rings is 1. The van der Waals surface area contributed by atoms with Crippen molar-refractivity contribution in [2.75, 3.05) is 7.05 Å². The number of aliphatic carboxylic acids is 1. The molecule has 5 nitrogen and oxygen atoms in total. The Bertz CT molecular complexity index is 525. The van der Waals surface area contributed by atoms with Gasteiger partial charge in [0.25, 0.3) is 0 Å². The predicted octanol–water partition coefficient (Wildman–Crippen LogP) is 3.29. The second kappa shape index (κ2) is 6.81. The van der Waals surface area contributed by atoms with Gasteiger partial charge < -0.3 is 9.84 Å². The van der Waals surface area contributed by atoms with Crippen LogP contribution in [0, 0.1) is 5.41 Å². The third kappa shape index (κ3) is 4.00. The van der Waals surface area contributed by atoms with Gasteiger partial charge in [-0.05, 0) is 30.2 Å². The van der Waals surface area contributed by atoms with Crippen molar-refractivity contribution in [1.82, 2.24) is 4.90 Å². The van der Waals surface area contributed by atoms with Crippen molar-refractivity contribution in [2.24, 2.45) is 5.41 Å². The maximum absolute atomic E-state index is 12.1. The van der Waals surface area contributed by atoms with Crippen LogP contribution in [0.15, 0.2) is 30.3 Å². The molecule has 1 aromatic carbocycles. The topological polar surface area (TPSA) is 66.8 Å². The van der Waals surface area contributed by atoms with Crippen molar-refractivity contribution < 1.29 is 19.4 Å². The fourth-order valence-corrected chi connectivity index (χ4v) is 2.79. The van der Waals surface area contributed by atoms with Gasteiger partial charge in [-0.25, -0.2) is 9.59 Å². The first-order valence-electron chi connectivity index (χ1n) is 7.58. The first kappa shape index (κ1) is 16.3. The van der Waals surface area contributed by atoms with Gasteiger partial charge in [-0.2, -0.15) is 0 Å². The zero-order valence-corrected chi connectivity index (χ0v) is 13.1. The molecule has 0 radical (unpaired) electrons. The van der Waals surface area contributed by atoms with Crippen LogP contribution in [-0.2, 0) is 16.1 Å². The van der Waals surface area contributed by atoms with E-state index >= 15 is 0 Å². The molecule has 1 aliphatic carbocycles. The molecule has 1 amide bonds. The maximum atomic E-state index is 12.1. The quantitative estimate of drug-likeness (QED) is 0.875. The number of carboxylic acid groups (broad SMARTS) is 1. The lowest BCUT2D eigenvalue weighted by atomic mass is 9.67. The van der Waals surface area contributed by atoms with Crippen LogP contribution in [0.25, 0.3) is 0 Å². The van der Waals surface area contributed by atoms with E-state index in [4.69, 9.17) is 4.74 Å². The number of carbonyl (C=O) groups is 2. The second-order valence-corrected chi connectivity index (χ2v) is 6.37. The summed E-state index contributed by atoms with van der Waals surface area (Å²) in [5, 5.41) is 9.41. The van der Waals surface area contributed by atoms with Crippen molar-refractivity contribution in [3.63, 3.8) is 0 Å². The summed E-state index contributed by atoms with van der Waals surface area (Å²) in [6.45, 7) is 2.23. The van der Waals surface area contributed by atoms with Crippen LogP contribution in [0.4, 0.5) is 4.79 Å². The molecule has 0 bridgehead atoms. The summed E-state index contributed by atoms with van der Waals surface area (Å²) in [5.41, 5.74) is 0.902. The van der Waals surface area contributed by atoms with E-state index in [1.165, 1.54) is 11.9 Å². The molecule has 1 aromatic rings. The Morgan fingerprint density at radius 3 is 2.45 bits per heavy atom. The number of hydrogen-bond donors (Lipinski definition) is 1. The fourth-order valence-electron chi connectivity index (χ4n) is 2.79. The number of amides is 1. The van der Waals surface area contributed by atoms with Crippen LogP contribution in [0.3, 0.4) is 0 Å². The molecule has 1 aliphatic rings. The lowest BCUT2D eigenvalue weighted by Gasteiger charge is -2.41. The Hall–Kier alpha value is -2.04. The molecule has 5 heteroatoms. The highest BCUT2D eigenvalue weighted by Crippen LogP contribution is 2.44. The van der Waals surface area contributed by atoms with Gasteiger partial charge in [-0.3, -0.25) is 4.90 Å².